The maximum atomic E-state index is 11.1. The molecule has 0 aliphatic carbocycles. The average Bonchev–Trinajstić information content (AvgIpc) is 3.04. The zero-order chi connectivity index (χ0) is 16.1. The van der Waals surface area contributed by atoms with Crippen LogP contribution in [0.15, 0.2) is 48.5 Å². The highest BCUT2D eigenvalue weighted by Crippen LogP contribution is 2.28. The molecule has 1 N–H and O–H groups in total. The van der Waals surface area contributed by atoms with Gasteiger partial charge in [-0.3, -0.25) is 4.79 Å². The minimum Gasteiger partial charge on any atom is -0.507 e. The van der Waals surface area contributed by atoms with E-state index >= 15 is 0 Å². The van der Waals surface area contributed by atoms with Crippen molar-refractivity contribution in [2.24, 2.45) is 0 Å². The van der Waals surface area contributed by atoms with Crippen LogP contribution in [0, 0.1) is 0 Å². The molecule has 0 bridgehead atoms. The number of anilines is 1. The van der Waals surface area contributed by atoms with Crippen LogP contribution in [-0.4, -0.2) is 30.6 Å². The largest absolute Gasteiger partial charge is 0.507 e. The van der Waals surface area contributed by atoms with E-state index in [1.165, 1.54) is 18.2 Å². The summed E-state index contributed by atoms with van der Waals surface area (Å²) in [6, 6.07) is 15.8. The summed E-state index contributed by atoms with van der Waals surface area (Å²) in [7, 11) is 0. The summed E-state index contributed by atoms with van der Waals surface area (Å²) >= 11 is 0. The molecule has 2 aromatic carbocycles. The van der Waals surface area contributed by atoms with Crippen LogP contribution >= 0.6 is 0 Å². The molecule has 1 aliphatic rings. The lowest BCUT2D eigenvalue weighted by Gasteiger charge is -2.27. The fraction of sp³-hybridized carbons (Fsp3) is 0.316. The lowest BCUT2D eigenvalue weighted by molar-refractivity contribution is 0.111. The first-order valence-electron chi connectivity index (χ1n) is 8.01. The third-order valence-electron chi connectivity index (χ3n) is 4.33. The Morgan fingerprint density at radius 2 is 2.00 bits per heavy atom. The number of hydrogen-bond acceptors (Lipinski definition) is 4. The topological polar surface area (TPSA) is 49.8 Å². The van der Waals surface area contributed by atoms with E-state index in [1.807, 2.05) is 6.07 Å². The van der Waals surface area contributed by atoms with E-state index in [-0.39, 0.29) is 11.3 Å². The summed E-state index contributed by atoms with van der Waals surface area (Å²) in [6.45, 7) is 1.60. The van der Waals surface area contributed by atoms with Gasteiger partial charge in [-0.25, -0.2) is 0 Å². The fourth-order valence-corrected chi connectivity index (χ4v) is 3.18. The molecule has 120 valence electrons. The quantitative estimate of drug-likeness (QED) is 0.828. The van der Waals surface area contributed by atoms with E-state index in [2.05, 4.69) is 29.2 Å². The van der Waals surface area contributed by atoms with Gasteiger partial charge in [0.15, 0.2) is 6.29 Å². The van der Waals surface area contributed by atoms with Crippen LogP contribution in [0.5, 0.6) is 11.5 Å². The first kappa shape index (κ1) is 15.4. The highest BCUT2D eigenvalue weighted by Gasteiger charge is 2.24. The maximum absolute atomic E-state index is 11.1. The first-order chi connectivity index (χ1) is 11.3. The van der Waals surface area contributed by atoms with Gasteiger partial charge in [0.2, 0.25) is 0 Å². The Morgan fingerprint density at radius 3 is 2.78 bits per heavy atom. The minimum atomic E-state index is -0.0377. The van der Waals surface area contributed by atoms with Crippen LogP contribution in [0.2, 0.25) is 0 Å². The van der Waals surface area contributed by atoms with E-state index in [1.54, 1.807) is 12.1 Å². The molecule has 23 heavy (non-hydrogen) atoms. The predicted octanol–water partition coefficient (Wildman–Crippen LogP) is 3.64. The second-order valence-corrected chi connectivity index (χ2v) is 5.77. The van der Waals surface area contributed by atoms with Crippen LogP contribution in [0.25, 0.3) is 0 Å². The number of carbonyl (C=O) groups is 1. The van der Waals surface area contributed by atoms with Gasteiger partial charge >= 0.3 is 0 Å². The van der Waals surface area contributed by atoms with Crippen molar-refractivity contribution >= 4 is 12.0 Å². The van der Waals surface area contributed by atoms with Gasteiger partial charge in [-0.2, -0.15) is 0 Å². The molecular formula is C19H21NO3. The van der Waals surface area contributed by atoms with Crippen molar-refractivity contribution in [1.82, 2.24) is 0 Å². The molecular weight excluding hydrogens is 290 g/mol. The number of phenols is 1. The lowest BCUT2D eigenvalue weighted by atomic mass is 10.1. The second-order valence-electron chi connectivity index (χ2n) is 5.77. The molecule has 1 heterocycles. The summed E-state index contributed by atoms with van der Waals surface area (Å²) < 4.78 is 5.74. The molecule has 0 unspecified atom stereocenters. The van der Waals surface area contributed by atoms with E-state index in [4.69, 9.17) is 4.74 Å². The standard InChI is InChI=1S/C19H21NO3/c21-14-17-18(22)9-4-10-19(17)23-13-11-16-8-5-12-20(16)15-6-2-1-3-7-15/h1-4,6-7,9-10,14,16,22H,5,8,11-13H2/t16-/m0/s1. The number of hydrogen-bond donors (Lipinski definition) is 1. The molecule has 1 aliphatic heterocycles. The van der Waals surface area contributed by atoms with Crippen molar-refractivity contribution in [3.63, 3.8) is 0 Å². The highest BCUT2D eigenvalue weighted by molar-refractivity contribution is 5.83. The number of rotatable bonds is 6. The Labute approximate surface area is 136 Å². The van der Waals surface area contributed by atoms with Crippen molar-refractivity contribution in [3.05, 3.63) is 54.1 Å². The zero-order valence-corrected chi connectivity index (χ0v) is 13.0. The normalized spacial score (nSPS) is 17.2. The summed E-state index contributed by atoms with van der Waals surface area (Å²) in [5.74, 6) is 0.411. The van der Waals surface area contributed by atoms with Crippen molar-refractivity contribution in [2.75, 3.05) is 18.1 Å². The third kappa shape index (κ3) is 3.47. The molecule has 0 aromatic heterocycles. The summed E-state index contributed by atoms with van der Waals surface area (Å²) in [5, 5.41) is 9.67. The van der Waals surface area contributed by atoms with Crippen molar-refractivity contribution in [1.29, 1.82) is 0 Å². The number of aromatic hydroxyl groups is 1. The van der Waals surface area contributed by atoms with Gasteiger partial charge in [0, 0.05) is 24.7 Å². The second kappa shape index (κ2) is 7.18. The molecule has 4 heteroatoms. The number of phenolic OH excluding ortho intramolecular Hbond substituents is 1. The Morgan fingerprint density at radius 1 is 1.17 bits per heavy atom. The third-order valence-corrected chi connectivity index (χ3v) is 4.33. The Hall–Kier alpha value is -2.49. The summed E-state index contributed by atoms with van der Waals surface area (Å²) in [6.07, 6.45) is 3.86. The zero-order valence-electron chi connectivity index (χ0n) is 13.0. The highest BCUT2D eigenvalue weighted by atomic mass is 16.5. The number of benzene rings is 2. The molecule has 2 aromatic rings. The van der Waals surface area contributed by atoms with Crippen LogP contribution in [0.4, 0.5) is 5.69 Å². The van der Waals surface area contributed by atoms with E-state index < -0.39 is 0 Å². The van der Waals surface area contributed by atoms with Crippen molar-refractivity contribution < 1.29 is 14.6 Å². The number of carbonyl (C=O) groups excluding carboxylic acids is 1. The van der Waals surface area contributed by atoms with Gasteiger partial charge in [-0.15, -0.1) is 0 Å². The van der Waals surface area contributed by atoms with Gasteiger partial charge in [-0.1, -0.05) is 24.3 Å². The van der Waals surface area contributed by atoms with E-state index in [0.29, 0.717) is 24.7 Å². The SMILES string of the molecule is O=Cc1c(O)cccc1OCC[C@@H]1CCCN1c1ccccc1. The van der Waals surface area contributed by atoms with E-state index in [0.717, 1.165) is 19.4 Å². The Kier molecular flexibility index (Phi) is 4.81. The number of ether oxygens (including phenoxy) is 1. The van der Waals surface area contributed by atoms with E-state index in [9.17, 15) is 9.90 Å². The van der Waals surface area contributed by atoms with Crippen LogP contribution in [-0.2, 0) is 0 Å². The van der Waals surface area contributed by atoms with Gasteiger partial charge in [-0.05, 0) is 37.1 Å². The molecule has 3 rings (SSSR count). The molecule has 0 radical (unpaired) electrons. The molecule has 0 amide bonds. The molecule has 1 atom stereocenters. The molecule has 0 saturated carbocycles. The summed E-state index contributed by atoms with van der Waals surface area (Å²) in [4.78, 5) is 13.5. The molecule has 0 spiro atoms. The van der Waals surface area contributed by atoms with Crippen LogP contribution in [0.3, 0.4) is 0 Å². The monoisotopic (exact) mass is 311 g/mol. The minimum absolute atomic E-state index is 0.0377. The maximum Gasteiger partial charge on any atom is 0.157 e. The van der Waals surface area contributed by atoms with Crippen molar-refractivity contribution in [2.45, 2.75) is 25.3 Å². The number of nitrogens with zero attached hydrogens (tertiary/aromatic N) is 1. The Bertz CT molecular complexity index is 657. The first-order valence-corrected chi connectivity index (χ1v) is 8.01. The van der Waals surface area contributed by atoms with Crippen molar-refractivity contribution in [3.8, 4) is 11.5 Å². The molecule has 1 fully saturated rings. The number of aldehydes is 1. The van der Waals surface area contributed by atoms with Gasteiger partial charge in [0.25, 0.3) is 0 Å². The fourth-order valence-electron chi connectivity index (χ4n) is 3.18. The van der Waals surface area contributed by atoms with Crippen LogP contribution < -0.4 is 9.64 Å². The number of para-hydroxylation sites is 1. The lowest BCUT2D eigenvalue weighted by Crippen LogP contribution is -2.30. The van der Waals surface area contributed by atoms with Gasteiger partial charge in [0.1, 0.15) is 11.5 Å². The van der Waals surface area contributed by atoms with Gasteiger partial charge in [0.05, 0.1) is 12.2 Å². The van der Waals surface area contributed by atoms with Gasteiger partial charge < -0.3 is 14.7 Å². The van der Waals surface area contributed by atoms with Crippen LogP contribution in [0.1, 0.15) is 29.6 Å². The molecule has 4 nitrogen and oxygen atoms in total. The summed E-state index contributed by atoms with van der Waals surface area (Å²) in [5.41, 5.74) is 1.47. The molecule has 1 saturated heterocycles. The smallest absolute Gasteiger partial charge is 0.157 e. The average molecular weight is 311 g/mol. The predicted molar refractivity (Wildman–Crippen MR) is 90.4 cm³/mol. The Balaban J connectivity index is 1.60.